The molecule has 0 bridgehead atoms. The zero-order valence-corrected chi connectivity index (χ0v) is 13.3. The van der Waals surface area contributed by atoms with E-state index in [9.17, 15) is 14.0 Å². The lowest BCUT2D eigenvalue weighted by Crippen LogP contribution is -2.33. The van der Waals surface area contributed by atoms with Gasteiger partial charge in [-0.05, 0) is 24.3 Å². The maximum atomic E-state index is 13.5. The van der Waals surface area contributed by atoms with Gasteiger partial charge in [0.2, 0.25) is 5.91 Å². The Hall–Kier alpha value is -3.09. The van der Waals surface area contributed by atoms with E-state index in [0.717, 1.165) is 0 Å². The molecule has 0 aliphatic rings. The first-order chi connectivity index (χ1) is 11.5. The van der Waals surface area contributed by atoms with Crippen molar-refractivity contribution < 1.29 is 23.5 Å². The molecule has 2 aromatic carbocycles. The van der Waals surface area contributed by atoms with Crippen LogP contribution in [-0.2, 0) is 4.79 Å². The number of rotatable bonds is 6. The topological polar surface area (TPSA) is 76.7 Å². The van der Waals surface area contributed by atoms with Gasteiger partial charge in [-0.25, -0.2) is 4.39 Å². The summed E-state index contributed by atoms with van der Waals surface area (Å²) in [7, 11) is 2.97. The first-order valence-corrected chi connectivity index (χ1v) is 7.09. The second-order valence-electron chi connectivity index (χ2n) is 4.78. The van der Waals surface area contributed by atoms with Crippen LogP contribution in [0.2, 0.25) is 0 Å². The molecule has 126 valence electrons. The summed E-state index contributed by atoms with van der Waals surface area (Å²) in [5.74, 6) is -0.803. The van der Waals surface area contributed by atoms with Crippen molar-refractivity contribution in [1.82, 2.24) is 5.32 Å². The first-order valence-electron chi connectivity index (χ1n) is 7.09. The smallest absolute Gasteiger partial charge is 0.254 e. The van der Waals surface area contributed by atoms with Gasteiger partial charge in [0.25, 0.3) is 5.91 Å². The van der Waals surface area contributed by atoms with Crippen LogP contribution in [0.25, 0.3) is 0 Å². The van der Waals surface area contributed by atoms with Gasteiger partial charge < -0.3 is 20.1 Å². The Morgan fingerprint density at radius 1 is 1.08 bits per heavy atom. The van der Waals surface area contributed by atoms with Gasteiger partial charge in [0.1, 0.15) is 17.3 Å². The van der Waals surface area contributed by atoms with Gasteiger partial charge in [0, 0.05) is 6.07 Å². The number of methoxy groups -OCH3 is 2. The largest absolute Gasteiger partial charge is 0.497 e. The highest BCUT2D eigenvalue weighted by atomic mass is 19.1. The second kappa shape index (κ2) is 7.96. The molecule has 0 aromatic heterocycles. The molecule has 0 aliphatic heterocycles. The molecular weight excluding hydrogens is 315 g/mol. The number of carbonyl (C=O) groups excluding carboxylic acids is 2. The summed E-state index contributed by atoms with van der Waals surface area (Å²) in [6, 6.07) is 10.5. The third-order valence-corrected chi connectivity index (χ3v) is 3.21. The van der Waals surface area contributed by atoms with E-state index in [2.05, 4.69) is 10.6 Å². The average molecular weight is 332 g/mol. The lowest BCUT2D eigenvalue weighted by atomic mass is 10.2. The van der Waals surface area contributed by atoms with Crippen LogP contribution in [0.1, 0.15) is 10.4 Å². The van der Waals surface area contributed by atoms with Gasteiger partial charge in [-0.3, -0.25) is 9.59 Å². The van der Waals surface area contributed by atoms with Crippen LogP contribution in [0.5, 0.6) is 11.5 Å². The van der Waals surface area contributed by atoms with Crippen molar-refractivity contribution in [3.8, 4) is 11.5 Å². The third kappa shape index (κ3) is 4.22. The Bertz CT molecular complexity index is 749. The molecule has 0 atom stereocenters. The quantitative estimate of drug-likeness (QED) is 0.850. The van der Waals surface area contributed by atoms with Crippen molar-refractivity contribution in [3.05, 3.63) is 53.8 Å². The summed E-state index contributed by atoms with van der Waals surface area (Å²) in [6.07, 6.45) is 0. The molecular formula is C17H17FN2O4. The number of carbonyl (C=O) groups is 2. The summed E-state index contributed by atoms with van der Waals surface area (Å²) in [5, 5.41) is 4.97. The standard InChI is InChI=1S/C17H17FN2O4/c1-23-11-7-8-15(24-2)14(9-11)20-16(21)10-19-17(22)12-5-3-4-6-13(12)18/h3-9H,10H2,1-2H3,(H,19,22)(H,20,21). The zero-order valence-electron chi connectivity index (χ0n) is 13.3. The normalized spacial score (nSPS) is 9.96. The van der Waals surface area contributed by atoms with E-state index in [4.69, 9.17) is 9.47 Å². The molecule has 2 aromatic rings. The van der Waals surface area contributed by atoms with Gasteiger partial charge in [-0.1, -0.05) is 12.1 Å². The summed E-state index contributed by atoms with van der Waals surface area (Å²) in [5.41, 5.74) is 0.284. The molecule has 0 saturated heterocycles. The maximum absolute atomic E-state index is 13.5. The van der Waals surface area contributed by atoms with E-state index in [1.165, 1.54) is 32.4 Å². The summed E-state index contributed by atoms with van der Waals surface area (Å²) in [4.78, 5) is 23.9. The minimum atomic E-state index is -0.666. The van der Waals surface area contributed by atoms with E-state index in [1.807, 2.05) is 0 Å². The second-order valence-corrected chi connectivity index (χ2v) is 4.78. The van der Waals surface area contributed by atoms with Crippen LogP contribution in [0.3, 0.4) is 0 Å². The highest BCUT2D eigenvalue weighted by Crippen LogP contribution is 2.28. The van der Waals surface area contributed by atoms with Crippen molar-refractivity contribution in [2.75, 3.05) is 26.1 Å². The molecule has 0 fully saturated rings. The number of anilines is 1. The molecule has 2 amide bonds. The number of amides is 2. The summed E-state index contributed by atoms with van der Waals surface area (Å²) < 4.78 is 23.7. The van der Waals surface area contributed by atoms with Gasteiger partial charge in [-0.15, -0.1) is 0 Å². The molecule has 2 N–H and O–H groups in total. The molecule has 0 saturated carbocycles. The minimum Gasteiger partial charge on any atom is -0.497 e. The van der Waals surface area contributed by atoms with Gasteiger partial charge in [0.05, 0.1) is 32.0 Å². The van der Waals surface area contributed by atoms with Crippen molar-refractivity contribution >= 4 is 17.5 Å². The van der Waals surface area contributed by atoms with E-state index in [1.54, 1.807) is 24.3 Å². The predicted octanol–water partition coefficient (Wildman–Crippen LogP) is 2.21. The molecule has 0 unspecified atom stereocenters. The van der Waals surface area contributed by atoms with Crippen LogP contribution in [0, 0.1) is 5.82 Å². The highest BCUT2D eigenvalue weighted by Gasteiger charge is 2.13. The fourth-order valence-corrected chi connectivity index (χ4v) is 2.01. The van der Waals surface area contributed by atoms with Crippen molar-refractivity contribution in [1.29, 1.82) is 0 Å². The number of benzene rings is 2. The summed E-state index contributed by atoms with van der Waals surface area (Å²) in [6.45, 7) is -0.312. The Balaban J connectivity index is 1.99. The number of hydrogen-bond acceptors (Lipinski definition) is 4. The Morgan fingerprint density at radius 3 is 2.50 bits per heavy atom. The molecule has 0 aliphatic carbocycles. The van der Waals surface area contributed by atoms with Crippen molar-refractivity contribution in [2.45, 2.75) is 0 Å². The highest BCUT2D eigenvalue weighted by molar-refractivity contribution is 6.00. The van der Waals surface area contributed by atoms with E-state index in [0.29, 0.717) is 17.2 Å². The molecule has 0 spiro atoms. The maximum Gasteiger partial charge on any atom is 0.254 e. The van der Waals surface area contributed by atoms with Crippen molar-refractivity contribution in [2.24, 2.45) is 0 Å². The number of halogens is 1. The molecule has 6 nitrogen and oxygen atoms in total. The van der Waals surface area contributed by atoms with Gasteiger partial charge in [0.15, 0.2) is 0 Å². The monoisotopic (exact) mass is 332 g/mol. The van der Waals surface area contributed by atoms with E-state index < -0.39 is 17.6 Å². The fraction of sp³-hybridized carbons (Fsp3) is 0.176. The number of ether oxygens (including phenoxy) is 2. The van der Waals surface area contributed by atoms with E-state index >= 15 is 0 Å². The predicted molar refractivity (Wildman–Crippen MR) is 86.9 cm³/mol. The fourth-order valence-electron chi connectivity index (χ4n) is 2.01. The number of nitrogens with one attached hydrogen (secondary N) is 2. The Morgan fingerprint density at radius 2 is 1.83 bits per heavy atom. The van der Waals surface area contributed by atoms with Crippen LogP contribution in [0.4, 0.5) is 10.1 Å². The van der Waals surface area contributed by atoms with Gasteiger partial charge >= 0.3 is 0 Å². The van der Waals surface area contributed by atoms with Crippen molar-refractivity contribution in [3.63, 3.8) is 0 Å². The molecule has 2 rings (SSSR count). The van der Waals surface area contributed by atoms with Gasteiger partial charge in [-0.2, -0.15) is 0 Å². The van der Waals surface area contributed by atoms with Crippen LogP contribution >= 0.6 is 0 Å². The Labute approximate surface area is 138 Å². The Kier molecular flexibility index (Phi) is 5.73. The lowest BCUT2D eigenvalue weighted by Gasteiger charge is -2.12. The summed E-state index contributed by atoms with van der Waals surface area (Å²) >= 11 is 0. The molecule has 24 heavy (non-hydrogen) atoms. The average Bonchev–Trinajstić information content (AvgIpc) is 2.60. The first kappa shape index (κ1) is 17.3. The third-order valence-electron chi connectivity index (χ3n) is 3.21. The van der Waals surface area contributed by atoms with Crippen LogP contribution < -0.4 is 20.1 Å². The SMILES string of the molecule is COc1ccc(OC)c(NC(=O)CNC(=O)c2ccccc2F)c1. The number of hydrogen-bond donors (Lipinski definition) is 2. The lowest BCUT2D eigenvalue weighted by molar-refractivity contribution is -0.115. The van der Waals surface area contributed by atoms with Crippen LogP contribution in [0.15, 0.2) is 42.5 Å². The molecule has 0 radical (unpaired) electrons. The van der Waals surface area contributed by atoms with E-state index in [-0.39, 0.29) is 12.1 Å². The minimum absolute atomic E-state index is 0.121. The zero-order chi connectivity index (χ0) is 17.5. The molecule has 7 heteroatoms. The van der Waals surface area contributed by atoms with Crippen LogP contribution in [-0.4, -0.2) is 32.6 Å². The molecule has 0 heterocycles.